The number of hydrogen-bond acceptors (Lipinski definition) is 12. The van der Waals surface area contributed by atoms with Gasteiger partial charge in [0.1, 0.15) is 12.4 Å². The summed E-state index contributed by atoms with van der Waals surface area (Å²) in [6.07, 6.45) is 3.20. The highest BCUT2D eigenvalue weighted by molar-refractivity contribution is 5.20. The van der Waals surface area contributed by atoms with Gasteiger partial charge in [0.25, 0.3) is 0 Å². The van der Waals surface area contributed by atoms with Crippen LogP contribution in [0.15, 0.2) is 30.3 Å². The molecule has 0 saturated carbocycles. The largest absolute Gasteiger partial charge is 0.491 e. The zero-order chi connectivity index (χ0) is 30.1. The molecular formula is C31H54O12. The Labute approximate surface area is 257 Å². The Balaban J connectivity index is 1.13. The molecule has 1 fully saturated rings. The zero-order valence-corrected chi connectivity index (χ0v) is 25.8. The highest BCUT2D eigenvalue weighted by Gasteiger charge is 2.13. The number of para-hydroxylation sites is 1. The summed E-state index contributed by atoms with van der Waals surface area (Å²) in [5.41, 5.74) is 0. The van der Waals surface area contributed by atoms with E-state index in [2.05, 4.69) is 0 Å². The van der Waals surface area contributed by atoms with Crippen molar-refractivity contribution >= 4 is 0 Å². The van der Waals surface area contributed by atoms with E-state index < -0.39 is 0 Å². The van der Waals surface area contributed by atoms with Gasteiger partial charge in [-0.05, 0) is 31.4 Å². The van der Waals surface area contributed by atoms with Gasteiger partial charge in [-0.2, -0.15) is 0 Å². The maximum atomic E-state index is 5.61. The summed E-state index contributed by atoms with van der Waals surface area (Å²) in [6, 6.07) is 9.68. The monoisotopic (exact) mass is 618 g/mol. The number of rotatable bonds is 32. The SMILES string of the molecule is c1ccc(OCCOCCOCCOCCOCCOCCOCCOCCOCCOCCOC2CCCCO2)cc1. The van der Waals surface area contributed by atoms with Crippen LogP contribution < -0.4 is 4.74 Å². The predicted molar refractivity (Wildman–Crippen MR) is 159 cm³/mol. The molecule has 1 unspecified atom stereocenters. The summed E-state index contributed by atoms with van der Waals surface area (Å²) in [7, 11) is 0. The minimum atomic E-state index is -0.0639. The summed E-state index contributed by atoms with van der Waals surface area (Å²) >= 11 is 0. The van der Waals surface area contributed by atoms with Gasteiger partial charge in [0.2, 0.25) is 0 Å². The van der Waals surface area contributed by atoms with Crippen molar-refractivity contribution in [2.75, 3.05) is 139 Å². The molecule has 0 aliphatic carbocycles. The summed E-state index contributed by atoms with van der Waals surface area (Å²) in [5, 5.41) is 0. The molecular weight excluding hydrogens is 564 g/mol. The molecule has 0 radical (unpaired) electrons. The zero-order valence-electron chi connectivity index (χ0n) is 25.8. The van der Waals surface area contributed by atoms with Gasteiger partial charge in [-0.15, -0.1) is 0 Å². The van der Waals surface area contributed by atoms with E-state index in [1.807, 2.05) is 30.3 Å². The first-order valence-electron chi connectivity index (χ1n) is 15.6. The average molecular weight is 619 g/mol. The van der Waals surface area contributed by atoms with Crippen molar-refractivity contribution in [2.24, 2.45) is 0 Å². The van der Waals surface area contributed by atoms with E-state index in [4.69, 9.17) is 56.8 Å². The maximum absolute atomic E-state index is 5.61. The van der Waals surface area contributed by atoms with Crippen molar-refractivity contribution in [1.29, 1.82) is 0 Å². The molecule has 1 aliphatic heterocycles. The Bertz CT molecular complexity index is 678. The number of benzene rings is 1. The molecule has 12 heteroatoms. The van der Waals surface area contributed by atoms with Crippen LogP contribution in [0.1, 0.15) is 19.3 Å². The lowest BCUT2D eigenvalue weighted by molar-refractivity contribution is -0.169. The van der Waals surface area contributed by atoms with E-state index >= 15 is 0 Å². The molecule has 2 rings (SSSR count). The predicted octanol–water partition coefficient (Wildman–Crippen LogP) is 2.76. The topological polar surface area (TPSA) is 111 Å². The van der Waals surface area contributed by atoms with Crippen molar-refractivity contribution in [2.45, 2.75) is 25.6 Å². The fourth-order valence-electron chi connectivity index (χ4n) is 3.68. The van der Waals surface area contributed by atoms with Gasteiger partial charge < -0.3 is 56.8 Å². The minimum Gasteiger partial charge on any atom is -0.491 e. The molecule has 250 valence electrons. The highest BCUT2D eigenvalue weighted by atomic mass is 16.7. The molecule has 43 heavy (non-hydrogen) atoms. The van der Waals surface area contributed by atoms with Gasteiger partial charge in [0.05, 0.1) is 126 Å². The first-order chi connectivity index (χ1) is 21.4. The second-order valence-corrected chi connectivity index (χ2v) is 9.34. The second kappa shape index (κ2) is 30.6. The van der Waals surface area contributed by atoms with E-state index in [1.165, 1.54) is 6.42 Å². The smallest absolute Gasteiger partial charge is 0.157 e. The van der Waals surface area contributed by atoms with Crippen molar-refractivity contribution in [1.82, 2.24) is 0 Å². The quantitative estimate of drug-likeness (QED) is 0.111. The van der Waals surface area contributed by atoms with Crippen molar-refractivity contribution in [3.63, 3.8) is 0 Å². The van der Waals surface area contributed by atoms with Crippen molar-refractivity contribution < 1.29 is 56.8 Å². The Hall–Kier alpha value is -1.42. The lowest BCUT2D eigenvalue weighted by atomic mass is 10.2. The third kappa shape index (κ3) is 25.6. The first kappa shape index (κ1) is 37.8. The molecule has 1 atom stereocenters. The summed E-state index contributed by atoms with van der Waals surface area (Å²) in [5.74, 6) is 0.846. The van der Waals surface area contributed by atoms with Gasteiger partial charge in [-0.25, -0.2) is 0 Å². The van der Waals surface area contributed by atoms with Crippen LogP contribution in [0.4, 0.5) is 0 Å². The molecule has 1 saturated heterocycles. The van der Waals surface area contributed by atoms with E-state index in [0.717, 1.165) is 25.2 Å². The van der Waals surface area contributed by atoms with Crippen LogP contribution in [0, 0.1) is 0 Å². The van der Waals surface area contributed by atoms with Crippen LogP contribution in [0.2, 0.25) is 0 Å². The van der Waals surface area contributed by atoms with Crippen LogP contribution in [-0.4, -0.2) is 145 Å². The molecule has 0 spiro atoms. The molecule has 0 bridgehead atoms. The van der Waals surface area contributed by atoms with Gasteiger partial charge in [0, 0.05) is 6.61 Å². The molecule has 0 amide bonds. The Morgan fingerprint density at radius 2 is 0.814 bits per heavy atom. The molecule has 12 nitrogen and oxygen atoms in total. The molecule has 1 aromatic rings. The van der Waals surface area contributed by atoms with Crippen LogP contribution in [0.25, 0.3) is 0 Å². The van der Waals surface area contributed by atoms with Crippen LogP contribution >= 0.6 is 0 Å². The lowest BCUT2D eigenvalue weighted by Crippen LogP contribution is -2.24. The third-order valence-electron chi connectivity index (χ3n) is 5.88. The maximum Gasteiger partial charge on any atom is 0.157 e. The Kier molecular flexibility index (Phi) is 26.9. The fraction of sp³-hybridized carbons (Fsp3) is 0.806. The van der Waals surface area contributed by atoms with Crippen LogP contribution in [-0.2, 0) is 52.1 Å². The van der Waals surface area contributed by atoms with Gasteiger partial charge in [-0.1, -0.05) is 18.2 Å². The second-order valence-electron chi connectivity index (χ2n) is 9.34. The van der Waals surface area contributed by atoms with Crippen molar-refractivity contribution in [3.8, 4) is 5.75 Å². The fourth-order valence-corrected chi connectivity index (χ4v) is 3.68. The number of hydrogen-bond donors (Lipinski definition) is 0. The molecule has 0 aromatic heterocycles. The molecule has 0 N–H and O–H groups in total. The Morgan fingerprint density at radius 3 is 1.19 bits per heavy atom. The third-order valence-corrected chi connectivity index (χ3v) is 5.88. The van der Waals surface area contributed by atoms with Gasteiger partial charge >= 0.3 is 0 Å². The van der Waals surface area contributed by atoms with E-state index in [-0.39, 0.29) is 6.29 Å². The standard InChI is InChI=1S/C31H54O12/c1-2-6-30(7-3-1)41-28-26-39-24-22-37-20-18-35-16-14-33-12-10-32-11-13-34-15-17-36-19-21-38-23-25-40-27-29-43-31-8-4-5-9-42-31/h1-3,6-7,31H,4-5,8-29H2. The first-order valence-corrected chi connectivity index (χ1v) is 15.6. The molecule has 1 aromatic carbocycles. The Morgan fingerprint density at radius 1 is 0.442 bits per heavy atom. The van der Waals surface area contributed by atoms with Gasteiger partial charge in [-0.3, -0.25) is 0 Å². The summed E-state index contributed by atoms with van der Waals surface area (Å²) in [6.45, 7) is 11.3. The highest BCUT2D eigenvalue weighted by Crippen LogP contribution is 2.13. The number of ether oxygens (including phenoxy) is 12. The molecule has 1 heterocycles. The summed E-state index contributed by atoms with van der Waals surface area (Å²) in [4.78, 5) is 0. The van der Waals surface area contributed by atoms with E-state index in [9.17, 15) is 0 Å². The minimum absolute atomic E-state index is 0.0639. The van der Waals surface area contributed by atoms with E-state index in [1.54, 1.807) is 0 Å². The summed E-state index contributed by atoms with van der Waals surface area (Å²) < 4.78 is 66.0. The van der Waals surface area contributed by atoms with Crippen LogP contribution in [0.5, 0.6) is 5.75 Å². The molecule has 1 aliphatic rings. The average Bonchev–Trinajstić information content (AvgIpc) is 3.04. The lowest BCUT2D eigenvalue weighted by Gasteiger charge is -2.22. The van der Waals surface area contributed by atoms with E-state index in [0.29, 0.717) is 132 Å². The van der Waals surface area contributed by atoms with Crippen molar-refractivity contribution in [3.05, 3.63) is 30.3 Å². The van der Waals surface area contributed by atoms with Gasteiger partial charge in [0.15, 0.2) is 6.29 Å². The normalized spacial score (nSPS) is 15.2. The van der Waals surface area contributed by atoms with Crippen LogP contribution in [0.3, 0.4) is 0 Å².